The second-order valence-corrected chi connectivity index (χ2v) is 6.41. The van der Waals surface area contributed by atoms with Crippen molar-refractivity contribution in [2.75, 3.05) is 5.75 Å². The summed E-state index contributed by atoms with van der Waals surface area (Å²) in [5.41, 5.74) is 2.63. The molecule has 0 radical (unpaired) electrons. The molecule has 0 saturated carbocycles. The average molecular weight is 310 g/mol. The summed E-state index contributed by atoms with van der Waals surface area (Å²) in [6, 6.07) is 21.1. The van der Waals surface area contributed by atoms with Crippen molar-refractivity contribution in [1.29, 1.82) is 0 Å². The van der Waals surface area contributed by atoms with Crippen LogP contribution in [0.15, 0.2) is 72.8 Å². The van der Waals surface area contributed by atoms with E-state index in [9.17, 15) is 4.79 Å². The molecule has 0 aromatic heterocycles. The molecular formula is C20H22OS. The minimum atomic E-state index is 0.245. The van der Waals surface area contributed by atoms with Crippen molar-refractivity contribution >= 4 is 16.9 Å². The third-order valence-corrected chi connectivity index (χ3v) is 4.31. The van der Waals surface area contributed by atoms with E-state index in [-0.39, 0.29) is 5.12 Å². The van der Waals surface area contributed by atoms with Gasteiger partial charge in [-0.05, 0) is 23.3 Å². The van der Waals surface area contributed by atoms with Gasteiger partial charge in [-0.3, -0.25) is 4.79 Å². The number of benzene rings is 2. The first-order valence-corrected chi connectivity index (χ1v) is 8.70. The van der Waals surface area contributed by atoms with Gasteiger partial charge < -0.3 is 0 Å². The van der Waals surface area contributed by atoms with Crippen LogP contribution in [0, 0.1) is 0 Å². The summed E-state index contributed by atoms with van der Waals surface area (Å²) >= 11 is 1.39. The van der Waals surface area contributed by atoms with Gasteiger partial charge in [-0.2, -0.15) is 0 Å². The molecule has 0 atom stereocenters. The second-order valence-electron chi connectivity index (χ2n) is 5.09. The van der Waals surface area contributed by atoms with Gasteiger partial charge in [0.25, 0.3) is 0 Å². The number of carbonyl (C=O) groups excluding carboxylic acids is 1. The minimum Gasteiger partial charge on any atom is -0.287 e. The summed E-state index contributed by atoms with van der Waals surface area (Å²) in [4.78, 5) is 11.5. The van der Waals surface area contributed by atoms with E-state index >= 15 is 0 Å². The topological polar surface area (TPSA) is 17.1 Å². The van der Waals surface area contributed by atoms with E-state index in [1.807, 2.05) is 25.1 Å². The normalized spacial score (nSPS) is 11.2. The predicted molar refractivity (Wildman–Crippen MR) is 96.2 cm³/mol. The largest absolute Gasteiger partial charge is 0.287 e. The molecule has 2 rings (SSSR count). The fourth-order valence-electron chi connectivity index (χ4n) is 2.47. The zero-order valence-corrected chi connectivity index (χ0v) is 13.8. The molecule has 0 fully saturated rings. The Balaban J connectivity index is 2.06. The molecule has 0 aliphatic rings. The Hall–Kier alpha value is -1.80. The van der Waals surface area contributed by atoms with E-state index in [0.717, 1.165) is 12.2 Å². The van der Waals surface area contributed by atoms with E-state index in [1.165, 1.54) is 22.9 Å². The lowest BCUT2D eigenvalue weighted by Gasteiger charge is -2.16. The van der Waals surface area contributed by atoms with Crippen molar-refractivity contribution < 1.29 is 4.79 Å². The highest BCUT2D eigenvalue weighted by molar-refractivity contribution is 8.13. The Morgan fingerprint density at radius 1 is 0.955 bits per heavy atom. The number of carbonyl (C=O) groups is 1. The van der Waals surface area contributed by atoms with Crippen LogP contribution in [0.5, 0.6) is 0 Å². The molecule has 22 heavy (non-hydrogen) atoms. The van der Waals surface area contributed by atoms with Gasteiger partial charge >= 0.3 is 0 Å². The van der Waals surface area contributed by atoms with Crippen molar-refractivity contribution in [2.45, 2.75) is 25.7 Å². The Morgan fingerprint density at radius 3 is 2.00 bits per heavy atom. The second kappa shape index (κ2) is 9.26. The molecule has 0 aliphatic carbocycles. The number of hydrogen-bond donors (Lipinski definition) is 0. The van der Waals surface area contributed by atoms with Crippen LogP contribution in [-0.2, 0) is 4.79 Å². The first-order chi connectivity index (χ1) is 10.8. The summed E-state index contributed by atoms with van der Waals surface area (Å²) in [7, 11) is 0. The molecule has 0 spiro atoms. The highest BCUT2D eigenvalue weighted by atomic mass is 32.2. The highest BCUT2D eigenvalue weighted by Gasteiger charge is 2.11. The van der Waals surface area contributed by atoms with Crippen LogP contribution < -0.4 is 0 Å². The summed E-state index contributed by atoms with van der Waals surface area (Å²) in [6.45, 7) is 2.01. The van der Waals surface area contributed by atoms with Crippen molar-refractivity contribution in [3.8, 4) is 0 Å². The maximum absolute atomic E-state index is 11.5. The number of hydrogen-bond acceptors (Lipinski definition) is 2. The summed E-state index contributed by atoms with van der Waals surface area (Å²) in [5.74, 6) is 1.19. The molecule has 2 aromatic carbocycles. The van der Waals surface area contributed by atoms with Gasteiger partial charge in [0.1, 0.15) is 0 Å². The quantitative estimate of drug-likeness (QED) is 0.634. The summed E-state index contributed by atoms with van der Waals surface area (Å²) in [6.07, 6.45) is 5.58. The molecule has 0 N–H and O–H groups in total. The van der Waals surface area contributed by atoms with Gasteiger partial charge in [0, 0.05) is 12.3 Å². The SMILES string of the molecule is CCSC(=O)C/C=C/CC(c1ccccc1)c1ccccc1. The van der Waals surface area contributed by atoms with Gasteiger partial charge in [-0.15, -0.1) is 0 Å². The maximum atomic E-state index is 11.5. The van der Waals surface area contributed by atoms with Gasteiger partial charge in [-0.25, -0.2) is 0 Å². The van der Waals surface area contributed by atoms with Crippen molar-refractivity contribution in [3.05, 3.63) is 83.9 Å². The number of rotatable bonds is 7. The first kappa shape index (κ1) is 16.6. The van der Waals surface area contributed by atoms with Gasteiger partial charge in [0.2, 0.25) is 0 Å². The van der Waals surface area contributed by atoms with Crippen LogP contribution in [0.3, 0.4) is 0 Å². The van der Waals surface area contributed by atoms with Crippen LogP contribution in [0.2, 0.25) is 0 Å². The highest BCUT2D eigenvalue weighted by Crippen LogP contribution is 2.28. The van der Waals surface area contributed by atoms with E-state index < -0.39 is 0 Å². The molecule has 0 bridgehead atoms. The van der Waals surface area contributed by atoms with Gasteiger partial charge in [0.05, 0.1) is 0 Å². The first-order valence-electron chi connectivity index (χ1n) is 7.71. The smallest absolute Gasteiger partial charge is 0.192 e. The fourth-order valence-corrected chi connectivity index (χ4v) is 3.00. The molecule has 0 unspecified atom stereocenters. The molecule has 2 aromatic rings. The minimum absolute atomic E-state index is 0.245. The molecule has 0 heterocycles. The van der Waals surface area contributed by atoms with Crippen LogP contribution in [-0.4, -0.2) is 10.9 Å². The zero-order valence-electron chi connectivity index (χ0n) is 12.9. The molecule has 1 nitrogen and oxygen atoms in total. The molecule has 114 valence electrons. The van der Waals surface area contributed by atoms with Crippen LogP contribution >= 0.6 is 11.8 Å². The lowest BCUT2D eigenvalue weighted by atomic mass is 9.88. The third kappa shape index (κ3) is 5.19. The molecule has 2 heteroatoms. The van der Waals surface area contributed by atoms with Crippen molar-refractivity contribution in [2.24, 2.45) is 0 Å². The zero-order chi connectivity index (χ0) is 15.6. The van der Waals surface area contributed by atoms with Crippen molar-refractivity contribution in [3.63, 3.8) is 0 Å². The van der Waals surface area contributed by atoms with Gasteiger partial charge in [-0.1, -0.05) is 91.5 Å². The predicted octanol–water partition coefficient (Wildman–Crippen LogP) is 5.43. The standard InChI is InChI=1S/C20H22OS/c1-2-22-20(21)16-10-9-15-19(17-11-5-3-6-12-17)18-13-7-4-8-14-18/h3-14,19H,2,15-16H2,1H3/b10-9+. The van der Waals surface area contributed by atoms with E-state index in [1.54, 1.807) is 0 Å². The lowest BCUT2D eigenvalue weighted by molar-refractivity contribution is -0.110. The van der Waals surface area contributed by atoms with Gasteiger partial charge in [0.15, 0.2) is 5.12 Å². The molecule has 0 amide bonds. The Morgan fingerprint density at radius 2 is 1.50 bits per heavy atom. The fraction of sp³-hybridized carbons (Fsp3) is 0.250. The lowest BCUT2D eigenvalue weighted by Crippen LogP contribution is -1.99. The Kier molecular flexibility index (Phi) is 6.98. The number of thioether (sulfide) groups is 1. The molecule has 0 aliphatic heterocycles. The van der Waals surface area contributed by atoms with Crippen molar-refractivity contribution in [1.82, 2.24) is 0 Å². The third-order valence-electron chi connectivity index (χ3n) is 3.53. The summed E-state index contributed by atoms with van der Waals surface area (Å²) in [5, 5.41) is 0.245. The van der Waals surface area contributed by atoms with Crippen LogP contribution in [0.1, 0.15) is 36.8 Å². The molecule has 0 saturated heterocycles. The average Bonchev–Trinajstić information content (AvgIpc) is 2.57. The Labute approximate surface area is 137 Å². The van der Waals surface area contributed by atoms with Crippen LogP contribution in [0.25, 0.3) is 0 Å². The summed E-state index contributed by atoms with van der Waals surface area (Å²) < 4.78 is 0. The van der Waals surface area contributed by atoms with E-state index in [2.05, 4.69) is 54.6 Å². The van der Waals surface area contributed by atoms with E-state index in [4.69, 9.17) is 0 Å². The van der Waals surface area contributed by atoms with E-state index in [0.29, 0.717) is 12.3 Å². The number of allylic oxidation sites excluding steroid dienone is 2. The maximum Gasteiger partial charge on any atom is 0.192 e. The monoisotopic (exact) mass is 310 g/mol. The van der Waals surface area contributed by atoms with Crippen LogP contribution in [0.4, 0.5) is 0 Å². The molecular weight excluding hydrogens is 288 g/mol. The Bertz CT molecular complexity index is 550.